The maximum Gasteiger partial charge on any atom is 0.342 e. The fourth-order valence-electron chi connectivity index (χ4n) is 5.56. The Bertz CT molecular complexity index is 1350. The fraction of sp³-hybridized carbons (Fsp3) is 0.423. The molecule has 1 saturated carbocycles. The number of amides is 1. The van der Waals surface area contributed by atoms with Crippen molar-refractivity contribution in [2.45, 2.75) is 44.1 Å². The largest absolute Gasteiger partial charge is 0.361 e. The monoisotopic (exact) mass is 493 g/mol. The molecular weight excluding hydrogens is 464 g/mol. The molecule has 1 aliphatic carbocycles. The number of hydrogen-bond acceptors (Lipinski definition) is 6. The van der Waals surface area contributed by atoms with E-state index >= 15 is 0 Å². The molecule has 0 bridgehead atoms. The Morgan fingerprint density at radius 2 is 2.06 bits per heavy atom. The van der Waals surface area contributed by atoms with E-state index in [9.17, 15) is 13.6 Å². The van der Waals surface area contributed by atoms with Crippen LogP contribution in [0.3, 0.4) is 0 Å². The summed E-state index contributed by atoms with van der Waals surface area (Å²) in [6, 6.07) is 5.92. The van der Waals surface area contributed by atoms with E-state index in [1.807, 2.05) is 18.3 Å². The summed E-state index contributed by atoms with van der Waals surface area (Å²) in [7, 11) is 1.36. The first-order valence-electron chi connectivity index (χ1n) is 12.5. The number of halogens is 2. The van der Waals surface area contributed by atoms with Crippen LogP contribution in [0.2, 0.25) is 0 Å². The zero-order valence-electron chi connectivity index (χ0n) is 20.2. The van der Waals surface area contributed by atoms with Crippen LogP contribution in [0, 0.1) is 0 Å². The van der Waals surface area contributed by atoms with Gasteiger partial charge in [-0.1, -0.05) is 18.9 Å². The van der Waals surface area contributed by atoms with Crippen LogP contribution in [0.4, 0.5) is 31.9 Å². The highest BCUT2D eigenvalue weighted by Gasteiger charge is 2.48. The van der Waals surface area contributed by atoms with E-state index in [4.69, 9.17) is 0 Å². The highest BCUT2D eigenvalue weighted by molar-refractivity contribution is 6.02. The molecule has 1 fully saturated rings. The Hall–Kier alpha value is -3.53. The van der Waals surface area contributed by atoms with Gasteiger partial charge in [-0.15, -0.1) is 0 Å². The lowest BCUT2D eigenvalue weighted by atomic mass is 9.99. The first kappa shape index (κ1) is 22.9. The molecule has 6 rings (SSSR count). The molecule has 0 spiro atoms. The molecule has 0 unspecified atom stereocenters. The van der Waals surface area contributed by atoms with Gasteiger partial charge in [-0.3, -0.25) is 4.79 Å². The van der Waals surface area contributed by atoms with Gasteiger partial charge in [-0.25, -0.2) is 4.98 Å². The molecule has 188 valence electrons. The maximum atomic E-state index is 14.8. The van der Waals surface area contributed by atoms with Gasteiger partial charge in [0.05, 0.1) is 12.7 Å². The number of nitrogens with one attached hydrogen (secondary N) is 3. The van der Waals surface area contributed by atoms with Crippen molar-refractivity contribution in [1.29, 1.82) is 0 Å². The number of hydrogen-bond donors (Lipinski definition) is 3. The van der Waals surface area contributed by atoms with E-state index in [0.29, 0.717) is 17.5 Å². The zero-order valence-corrected chi connectivity index (χ0v) is 20.2. The quantitative estimate of drug-likeness (QED) is 0.498. The number of benzene rings is 1. The summed E-state index contributed by atoms with van der Waals surface area (Å²) in [6.07, 6.45) is 10.3. The molecule has 0 atom stereocenters. The topological polar surface area (TPSA) is 89.2 Å². The van der Waals surface area contributed by atoms with Gasteiger partial charge in [0.25, 0.3) is 5.91 Å². The number of rotatable bonds is 4. The van der Waals surface area contributed by atoms with Crippen molar-refractivity contribution in [1.82, 2.24) is 20.3 Å². The van der Waals surface area contributed by atoms with E-state index in [1.165, 1.54) is 24.4 Å². The average Bonchev–Trinajstić information content (AvgIpc) is 3.56. The van der Waals surface area contributed by atoms with Gasteiger partial charge in [0.2, 0.25) is 5.95 Å². The number of anilines is 4. The first-order chi connectivity index (χ1) is 17.4. The fourth-order valence-corrected chi connectivity index (χ4v) is 5.56. The molecule has 10 heteroatoms. The lowest BCUT2D eigenvalue weighted by Crippen LogP contribution is -2.48. The van der Waals surface area contributed by atoms with Crippen LogP contribution < -0.4 is 20.4 Å². The van der Waals surface area contributed by atoms with E-state index < -0.39 is 18.4 Å². The lowest BCUT2D eigenvalue weighted by molar-refractivity contribution is -0.140. The number of H-pyrrole nitrogens is 1. The molecule has 1 amide bonds. The van der Waals surface area contributed by atoms with Crippen molar-refractivity contribution in [3.05, 3.63) is 42.2 Å². The van der Waals surface area contributed by atoms with Crippen LogP contribution in [0.5, 0.6) is 0 Å². The zero-order chi connectivity index (χ0) is 24.9. The highest BCUT2D eigenvalue weighted by atomic mass is 19.3. The Kier molecular flexibility index (Phi) is 5.63. The van der Waals surface area contributed by atoms with Crippen molar-refractivity contribution >= 4 is 45.5 Å². The van der Waals surface area contributed by atoms with Crippen molar-refractivity contribution in [2.24, 2.45) is 0 Å². The van der Waals surface area contributed by atoms with Gasteiger partial charge < -0.3 is 25.4 Å². The van der Waals surface area contributed by atoms with Gasteiger partial charge in [-0.2, -0.15) is 13.8 Å². The Labute approximate surface area is 207 Å². The lowest BCUT2D eigenvalue weighted by Gasteiger charge is -2.31. The van der Waals surface area contributed by atoms with E-state index in [0.717, 1.165) is 66.7 Å². The van der Waals surface area contributed by atoms with Crippen molar-refractivity contribution < 1.29 is 13.6 Å². The average molecular weight is 494 g/mol. The number of carbonyl (C=O) groups is 1. The standard InChI is InChI=1S/C26H29F2N7O/c1-34-22-14-31-25(33-23(22)35(18-4-2-3-5-18)15-26(27,28)24(34)36)32-17-6-7-21-19(12-17)20(13-30-21)16-8-10-29-11-9-16/h6-8,12-14,18,29-30H,2-5,9-11,15H2,1H3,(H,31,32,33). The third-order valence-corrected chi connectivity index (χ3v) is 7.48. The molecule has 3 N–H and O–H groups in total. The molecule has 3 aliphatic rings. The number of fused-ring (bicyclic) bond motifs is 2. The molecule has 3 aromatic rings. The second-order valence-electron chi connectivity index (χ2n) is 9.81. The minimum absolute atomic E-state index is 0.0753. The molecule has 0 saturated heterocycles. The first-order valence-corrected chi connectivity index (χ1v) is 12.5. The Morgan fingerprint density at radius 1 is 1.22 bits per heavy atom. The van der Waals surface area contributed by atoms with E-state index in [-0.39, 0.29) is 6.04 Å². The number of aromatic nitrogens is 3. The summed E-state index contributed by atoms with van der Waals surface area (Å²) >= 11 is 0. The van der Waals surface area contributed by atoms with E-state index in [2.05, 4.69) is 37.7 Å². The summed E-state index contributed by atoms with van der Waals surface area (Å²) in [5, 5.41) is 7.70. The van der Waals surface area contributed by atoms with Crippen molar-refractivity contribution in [3.63, 3.8) is 0 Å². The highest BCUT2D eigenvalue weighted by Crippen LogP contribution is 2.40. The summed E-state index contributed by atoms with van der Waals surface area (Å²) < 4.78 is 29.7. The Morgan fingerprint density at radius 3 is 2.83 bits per heavy atom. The Balaban J connectivity index is 1.36. The molecule has 2 aromatic heterocycles. The van der Waals surface area contributed by atoms with Gasteiger partial charge in [-0.05, 0) is 49.6 Å². The molecule has 36 heavy (non-hydrogen) atoms. The SMILES string of the molecule is CN1C(=O)C(F)(F)CN(C2CCCC2)c2nc(Nc3ccc4[nH]cc(C5=CCNCC5)c4c3)ncc21. The smallest absolute Gasteiger partial charge is 0.342 e. The van der Waals surface area contributed by atoms with Crippen LogP contribution >= 0.6 is 0 Å². The summed E-state index contributed by atoms with van der Waals surface area (Å²) in [4.78, 5) is 27.5. The van der Waals surface area contributed by atoms with Crippen LogP contribution in [0.25, 0.3) is 16.5 Å². The van der Waals surface area contributed by atoms with Gasteiger partial charge in [0.1, 0.15) is 5.69 Å². The minimum Gasteiger partial charge on any atom is -0.361 e. The molecule has 8 nitrogen and oxygen atoms in total. The molecule has 1 aromatic carbocycles. The van der Waals surface area contributed by atoms with Gasteiger partial charge >= 0.3 is 5.92 Å². The maximum absolute atomic E-state index is 14.8. The van der Waals surface area contributed by atoms with Crippen LogP contribution in [0.15, 0.2) is 36.7 Å². The number of alkyl halides is 2. The number of carbonyl (C=O) groups excluding carboxylic acids is 1. The molecule has 0 radical (unpaired) electrons. The van der Waals surface area contributed by atoms with E-state index in [1.54, 1.807) is 4.90 Å². The third-order valence-electron chi connectivity index (χ3n) is 7.48. The normalized spacial score (nSPS) is 20.4. The molecule has 2 aliphatic heterocycles. The third kappa shape index (κ3) is 3.99. The summed E-state index contributed by atoms with van der Waals surface area (Å²) in [5.74, 6) is -4.05. The van der Waals surface area contributed by atoms with Crippen LogP contribution in [-0.2, 0) is 4.79 Å². The van der Waals surface area contributed by atoms with Gasteiger partial charge in [0, 0.05) is 48.0 Å². The summed E-state index contributed by atoms with van der Waals surface area (Å²) in [5.41, 5.74) is 4.61. The molecular formula is C26H29F2N7O. The predicted molar refractivity (Wildman–Crippen MR) is 137 cm³/mol. The van der Waals surface area contributed by atoms with Gasteiger partial charge in [0.15, 0.2) is 5.82 Å². The second-order valence-corrected chi connectivity index (χ2v) is 9.81. The number of nitrogens with zero attached hydrogens (tertiary/aromatic N) is 4. The predicted octanol–water partition coefficient (Wildman–Crippen LogP) is 4.44. The van der Waals surface area contributed by atoms with Crippen molar-refractivity contribution in [2.75, 3.05) is 41.8 Å². The molecule has 4 heterocycles. The van der Waals surface area contributed by atoms with Crippen LogP contribution in [0.1, 0.15) is 37.7 Å². The number of aromatic amines is 1. The second kappa shape index (κ2) is 8.85. The minimum atomic E-state index is -3.50. The van der Waals surface area contributed by atoms with Crippen molar-refractivity contribution in [3.8, 4) is 0 Å². The summed E-state index contributed by atoms with van der Waals surface area (Å²) in [6.45, 7) is 1.14. The van der Waals surface area contributed by atoms with Crippen LogP contribution in [-0.4, -0.2) is 59.5 Å².